The van der Waals surface area contributed by atoms with Crippen molar-refractivity contribution in [3.63, 3.8) is 0 Å². The molecule has 2 rings (SSSR count). The summed E-state index contributed by atoms with van der Waals surface area (Å²) in [5, 5.41) is 11.4. The molecular formula is C10H13Cl2N3. The molecule has 1 atom stereocenters. The first-order valence-electron chi connectivity index (χ1n) is 5.09. The van der Waals surface area contributed by atoms with Crippen LogP contribution in [0, 0.1) is 11.8 Å². The summed E-state index contributed by atoms with van der Waals surface area (Å²) >= 11 is 11.6. The minimum absolute atomic E-state index is 0.362. The molecule has 1 aliphatic rings. The Morgan fingerprint density at radius 2 is 2.20 bits per heavy atom. The van der Waals surface area contributed by atoms with Crippen LogP contribution in [0.5, 0.6) is 0 Å². The molecule has 1 unspecified atom stereocenters. The molecule has 0 radical (unpaired) electrons. The lowest BCUT2D eigenvalue weighted by Gasteiger charge is -2.12. The van der Waals surface area contributed by atoms with Crippen LogP contribution >= 0.6 is 23.2 Å². The second-order valence-electron chi connectivity index (χ2n) is 4.07. The Kier molecular flexibility index (Phi) is 3.32. The highest BCUT2D eigenvalue weighted by atomic mass is 35.5. The summed E-state index contributed by atoms with van der Waals surface area (Å²) in [5.41, 5.74) is 0.768. The van der Waals surface area contributed by atoms with E-state index in [4.69, 9.17) is 23.2 Å². The van der Waals surface area contributed by atoms with Crippen molar-refractivity contribution < 1.29 is 0 Å². The van der Waals surface area contributed by atoms with Crippen LogP contribution in [-0.4, -0.2) is 16.7 Å². The molecule has 1 aromatic rings. The molecule has 0 spiro atoms. The van der Waals surface area contributed by atoms with Gasteiger partial charge in [0.15, 0.2) is 10.3 Å². The van der Waals surface area contributed by atoms with E-state index >= 15 is 0 Å². The average Bonchev–Trinajstić information content (AvgIpc) is 3.02. The van der Waals surface area contributed by atoms with Gasteiger partial charge in [0.2, 0.25) is 0 Å². The van der Waals surface area contributed by atoms with Gasteiger partial charge in [-0.25, -0.2) is 0 Å². The summed E-state index contributed by atoms with van der Waals surface area (Å²) in [6.07, 6.45) is 2.71. The largest absolute Gasteiger partial charge is 0.382 e. The fourth-order valence-electron chi connectivity index (χ4n) is 1.58. The van der Waals surface area contributed by atoms with Crippen LogP contribution in [0.4, 0.5) is 5.69 Å². The van der Waals surface area contributed by atoms with Gasteiger partial charge in [-0.15, -0.1) is 10.2 Å². The van der Waals surface area contributed by atoms with Crippen molar-refractivity contribution in [2.24, 2.45) is 11.8 Å². The number of halogens is 2. The summed E-state index contributed by atoms with van der Waals surface area (Å²) in [5.74, 6) is 1.55. The normalized spacial score (nSPS) is 17.5. The molecule has 1 N–H and O–H groups in total. The highest BCUT2D eigenvalue weighted by Gasteiger charge is 2.27. The van der Waals surface area contributed by atoms with Crippen molar-refractivity contribution in [1.29, 1.82) is 0 Å². The summed E-state index contributed by atoms with van der Waals surface area (Å²) in [7, 11) is 0. The van der Waals surface area contributed by atoms with Crippen LogP contribution in [-0.2, 0) is 0 Å². The molecule has 1 aliphatic carbocycles. The van der Waals surface area contributed by atoms with Crippen LogP contribution in [0.2, 0.25) is 10.3 Å². The van der Waals surface area contributed by atoms with Crippen molar-refractivity contribution in [2.75, 3.05) is 11.9 Å². The van der Waals surface area contributed by atoms with Gasteiger partial charge in [0, 0.05) is 12.6 Å². The predicted octanol–water partition coefficient (Wildman–Crippen LogP) is 3.24. The first kappa shape index (κ1) is 11.0. The lowest BCUT2D eigenvalue weighted by molar-refractivity contribution is 0.536. The fourth-order valence-corrected chi connectivity index (χ4v) is 1.89. The predicted molar refractivity (Wildman–Crippen MR) is 62.4 cm³/mol. The number of rotatable bonds is 4. The molecule has 82 valence electrons. The lowest BCUT2D eigenvalue weighted by atomic mass is 10.1. The van der Waals surface area contributed by atoms with Gasteiger partial charge >= 0.3 is 0 Å². The maximum atomic E-state index is 5.88. The zero-order valence-electron chi connectivity index (χ0n) is 8.50. The van der Waals surface area contributed by atoms with Gasteiger partial charge in [-0.3, -0.25) is 0 Å². The Balaban J connectivity index is 1.94. The molecule has 15 heavy (non-hydrogen) atoms. The van der Waals surface area contributed by atoms with Crippen molar-refractivity contribution >= 4 is 28.9 Å². The van der Waals surface area contributed by atoms with E-state index in [-0.39, 0.29) is 0 Å². The van der Waals surface area contributed by atoms with Gasteiger partial charge in [0.1, 0.15) is 0 Å². The van der Waals surface area contributed by atoms with E-state index in [0.717, 1.165) is 18.2 Å². The third kappa shape index (κ3) is 2.95. The van der Waals surface area contributed by atoms with Gasteiger partial charge in [-0.2, -0.15) is 0 Å². The standard InChI is InChI=1S/C10H13Cl2N3/c1-6(7-2-3-7)5-13-8-4-9(11)14-15-10(8)12/h4,6-7H,2-3,5H2,1H3,(H,13,14). The Morgan fingerprint density at radius 1 is 1.47 bits per heavy atom. The third-order valence-corrected chi connectivity index (χ3v) is 3.22. The molecule has 0 amide bonds. The van der Waals surface area contributed by atoms with E-state index in [0.29, 0.717) is 16.2 Å². The van der Waals surface area contributed by atoms with Crippen molar-refractivity contribution in [3.05, 3.63) is 16.4 Å². The molecule has 0 aliphatic heterocycles. The van der Waals surface area contributed by atoms with Crippen LogP contribution < -0.4 is 5.32 Å². The Bertz CT molecular complexity index is 353. The van der Waals surface area contributed by atoms with Crippen molar-refractivity contribution in [3.8, 4) is 0 Å². The highest BCUT2D eigenvalue weighted by Crippen LogP contribution is 2.36. The molecular weight excluding hydrogens is 233 g/mol. The van der Waals surface area contributed by atoms with E-state index in [2.05, 4.69) is 22.4 Å². The van der Waals surface area contributed by atoms with Gasteiger partial charge in [-0.1, -0.05) is 30.1 Å². The number of hydrogen-bond donors (Lipinski definition) is 1. The smallest absolute Gasteiger partial charge is 0.174 e. The number of nitrogens with one attached hydrogen (secondary N) is 1. The van der Waals surface area contributed by atoms with Crippen LogP contribution in [0.3, 0.4) is 0 Å². The van der Waals surface area contributed by atoms with E-state index in [1.807, 2.05) is 0 Å². The number of nitrogens with zero attached hydrogens (tertiary/aromatic N) is 2. The first-order chi connectivity index (χ1) is 7.16. The minimum atomic E-state index is 0.362. The van der Waals surface area contributed by atoms with Gasteiger partial charge in [0.25, 0.3) is 0 Å². The Morgan fingerprint density at radius 3 is 2.87 bits per heavy atom. The summed E-state index contributed by atoms with van der Waals surface area (Å²) in [4.78, 5) is 0. The highest BCUT2D eigenvalue weighted by molar-refractivity contribution is 6.33. The second-order valence-corrected chi connectivity index (χ2v) is 4.81. The van der Waals surface area contributed by atoms with Crippen molar-refractivity contribution in [2.45, 2.75) is 19.8 Å². The van der Waals surface area contributed by atoms with Gasteiger partial charge < -0.3 is 5.32 Å². The molecule has 1 aromatic heterocycles. The number of aromatic nitrogens is 2. The SMILES string of the molecule is CC(CNc1cc(Cl)nnc1Cl)C1CC1. The monoisotopic (exact) mass is 245 g/mol. The Labute approximate surface area is 99.2 Å². The van der Waals surface area contributed by atoms with Gasteiger partial charge in [-0.05, 0) is 24.7 Å². The number of hydrogen-bond acceptors (Lipinski definition) is 3. The minimum Gasteiger partial charge on any atom is -0.382 e. The van der Waals surface area contributed by atoms with E-state index < -0.39 is 0 Å². The molecule has 0 bridgehead atoms. The van der Waals surface area contributed by atoms with Crippen LogP contribution in [0.1, 0.15) is 19.8 Å². The van der Waals surface area contributed by atoms with E-state index in [9.17, 15) is 0 Å². The fraction of sp³-hybridized carbons (Fsp3) is 0.600. The average molecular weight is 246 g/mol. The zero-order valence-corrected chi connectivity index (χ0v) is 10.0. The van der Waals surface area contributed by atoms with Crippen LogP contribution in [0.25, 0.3) is 0 Å². The van der Waals surface area contributed by atoms with Gasteiger partial charge in [0.05, 0.1) is 5.69 Å². The molecule has 0 aromatic carbocycles. The van der Waals surface area contributed by atoms with E-state index in [1.165, 1.54) is 12.8 Å². The molecule has 1 heterocycles. The van der Waals surface area contributed by atoms with Crippen LogP contribution in [0.15, 0.2) is 6.07 Å². The quantitative estimate of drug-likeness (QED) is 0.886. The number of anilines is 1. The second kappa shape index (κ2) is 4.54. The van der Waals surface area contributed by atoms with E-state index in [1.54, 1.807) is 6.07 Å². The summed E-state index contributed by atoms with van der Waals surface area (Å²) < 4.78 is 0. The van der Waals surface area contributed by atoms with Crippen molar-refractivity contribution in [1.82, 2.24) is 10.2 Å². The molecule has 3 nitrogen and oxygen atoms in total. The zero-order chi connectivity index (χ0) is 10.8. The molecule has 0 saturated heterocycles. The molecule has 1 fully saturated rings. The maximum absolute atomic E-state index is 5.88. The third-order valence-electron chi connectivity index (χ3n) is 2.76. The Hall–Kier alpha value is -0.540. The summed E-state index contributed by atoms with van der Waals surface area (Å²) in [6, 6.07) is 1.70. The lowest BCUT2D eigenvalue weighted by Crippen LogP contribution is -2.13. The first-order valence-corrected chi connectivity index (χ1v) is 5.85. The molecule has 5 heteroatoms. The molecule has 1 saturated carbocycles. The topological polar surface area (TPSA) is 37.8 Å². The summed E-state index contributed by atoms with van der Waals surface area (Å²) in [6.45, 7) is 3.15. The maximum Gasteiger partial charge on any atom is 0.174 e.